The van der Waals surface area contributed by atoms with Crippen molar-refractivity contribution in [3.05, 3.63) is 52.6 Å². The maximum Gasteiger partial charge on any atom is 0.336 e. The minimum absolute atomic E-state index is 0.377. The van der Waals surface area contributed by atoms with Gasteiger partial charge in [0, 0.05) is 23.8 Å². The van der Waals surface area contributed by atoms with Gasteiger partial charge < -0.3 is 14.8 Å². The Bertz CT molecular complexity index is 907. The Morgan fingerprint density at radius 1 is 0.737 bits per heavy atom. The van der Waals surface area contributed by atoms with E-state index in [-0.39, 0.29) is 5.97 Å². The molecule has 0 radical (unpaired) electrons. The first-order chi connectivity index (χ1) is 18.5. The molecule has 1 atom stereocenters. The van der Waals surface area contributed by atoms with E-state index in [2.05, 4.69) is 24.1 Å². The fourth-order valence-electron chi connectivity index (χ4n) is 5.02. The largest absolute Gasteiger partial charge is 0.462 e. The van der Waals surface area contributed by atoms with Crippen LogP contribution in [0.1, 0.15) is 129 Å². The van der Waals surface area contributed by atoms with Crippen molar-refractivity contribution in [1.82, 2.24) is 10.3 Å². The van der Waals surface area contributed by atoms with E-state index in [0.717, 1.165) is 37.7 Å². The van der Waals surface area contributed by atoms with Gasteiger partial charge in [-0.2, -0.15) is 0 Å². The summed E-state index contributed by atoms with van der Waals surface area (Å²) >= 11 is 0. The summed E-state index contributed by atoms with van der Waals surface area (Å²) in [6, 6.07) is 3.72. The predicted octanol–water partition coefficient (Wildman–Crippen LogP) is 7.90. The van der Waals surface area contributed by atoms with Crippen molar-refractivity contribution < 1.29 is 19.1 Å². The minimum atomic E-state index is -0.576. The number of nitrogens with one attached hydrogen (secondary N) is 1. The van der Waals surface area contributed by atoms with Crippen molar-refractivity contribution >= 4 is 11.9 Å². The predicted molar refractivity (Wildman–Crippen MR) is 153 cm³/mol. The van der Waals surface area contributed by atoms with Gasteiger partial charge in [-0.1, -0.05) is 97.0 Å². The third-order valence-corrected chi connectivity index (χ3v) is 7.18. The third-order valence-electron chi connectivity index (χ3n) is 7.18. The fraction of sp³-hybridized carbons (Fsp3) is 0.656. The molecule has 0 saturated heterocycles. The third kappa shape index (κ3) is 10.6. The number of rotatable bonds is 19. The molecule has 6 heteroatoms. The molecule has 1 aromatic rings. The zero-order valence-electron chi connectivity index (χ0n) is 24.3. The van der Waals surface area contributed by atoms with E-state index in [9.17, 15) is 9.59 Å². The van der Waals surface area contributed by atoms with Crippen LogP contribution in [0.5, 0.6) is 0 Å². The Kier molecular flexibility index (Phi) is 15.5. The van der Waals surface area contributed by atoms with Crippen LogP contribution in [0.2, 0.25) is 0 Å². The molecule has 2 rings (SSSR count). The van der Waals surface area contributed by atoms with Crippen LogP contribution in [0.25, 0.3) is 0 Å². The number of hydrogen-bond donors (Lipinski definition) is 1. The van der Waals surface area contributed by atoms with Crippen LogP contribution in [0.4, 0.5) is 0 Å². The van der Waals surface area contributed by atoms with Crippen molar-refractivity contribution in [2.45, 2.75) is 124 Å². The number of nitrogens with zero attached hydrogens (tertiary/aromatic N) is 1. The molecule has 1 aliphatic heterocycles. The molecule has 0 spiro atoms. The molecule has 1 N–H and O–H groups in total. The van der Waals surface area contributed by atoms with E-state index >= 15 is 0 Å². The number of carbonyl (C=O) groups excluding carboxylic acids is 2. The summed E-state index contributed by atoms with van der Waals surface area (Å²) in [5.74, 6) is -1.35. The molecule has 1 aliphatic rings. The van der Waals surface area contributed by atoms with Crippen molar-refractivity contribution in [3.63, 3.8) is 0 Å². The first-order valence-electron chi connectivity index (χ1n) is 14.9. The van der Waals surface area contributed by atoms with Gasteiger partial charge in [-0.15, -0.1) is 0 Å². The highest BCUT2D eigenvalue weighted by Gasteiger charge is 2.38. The summed E-state index contributed by atoms with van der Waals surface area (Å²) < 4.78 is 11.4. The van der Waals surface area contributed by atoms with E-state index in [1.54, 1.807) is 12.4 Å². The Morgan fingerprint density at radius 3 is 1.61 bits per heavy atom. The highest BCUT2D eigenvalue weighted by atomic mass is 16.5. The van der Waals surface area contributed by atoms with Gasteiger partial charge >= 0.3 is 11.9 Å². The van der Waals surface area contributed by atoms with Crippen LogP contribution < -0.4 is 5.32 Å². The second-order valence-electron chi connectivity index (χ2n) is 10.4. The Morgan fingerprint density at radius 2 is 1.18 bits per heavy atom. The molecule has 1 aromatic heterocycles. The molecule has 2 heterocycles. The van der Waals surface area contributed by atoms with E-state index < -0.39 is 11.9 Å². The van der Waals surface area contributed by atoms with Crippen LogP contribution in [0.15, 0.2) is 47.1 Å². The zero-order valence-corrected chi connectivity index (χ0v) is 24.3. The first kappa shape index (κ1) is 31.6. The van der Waals surface area contributed by atoms with Crippen molar-refractivity contribution in [3.8, 4) is 0 Å². The molecular formula is C32H50N2O4. The van der Waals surface area contributed by atoms with Gasteiger partial charge in [-0.25, -0.2) is 9.59 Å². The Labute approximate surface area is 230 Å². The topological polar surface area (TPSA) is 77.5 Å². The lowest BCUT2D eigenvalue weighted by Crippen LogP contribution is -2.32. The summed E-state index contributed by atoms with van der Waals surface area (Å²) in [5, 5.41) is 3.24. The highest BCUT2D eigenvalue weighted by Crippen LogP contribution is 2.39. The molecule has 1 unspecified atom stereocenters. The number of esters is 2. The summed E-state index contributed by atoms with van der Waals surface area (Å²) in [4.78, 5) is 30.9. The lowest BCUT2D eigenvalue weighted by Gasteiger charge is -2.30. The van der Waals surface area contributed by atoms with Gasteiger partial charge in [0.25, 0.3) is 0 Å². The summed E-state index contributed by atoms with van der Waals surface area (Å²) in [6.07, 6.45) is 19.6. The number of hydrogen-bond acceptors (Lipinski definition) is 6. The van der Waals surface area contributed by atoms with Crippen LogP contribution in [-0.2, 0) is 19.1 Å². The lowest BCUT2D eigenvalue weighted by atomic mass is 9.81. The normalized spacial score (nSPS) is 15.4. The summed E-state index contributed by atoms with van der Waals surface area (Å²) in [5.41, 5.74) is 3.08. The standard InChI is InChI=1S/C32H50N2O4/c1-5-7-9-11-13-14-16-18-23-38-32(36)29-26(4)34-25(3)28(30(29)27-20-19-21-33-24-27)31(35)37-22-17-15-12-10-8-6-2/h19-21,24,30,34H,5-18,22-23H2,1-4H3. The highest BCUT2D eigenvalue weighted by molar-refractivity contribution is 5.99. The second-order valence-corrected chi connectivity index (χ2v) is 10.4. The van der Waals surface area contributed by atoms with Crippen LogP contribution in [0.3, 0.4) is 0 Å². The summed E-state index contributed by atoms with van der Waals surface area (Å²) in [7, 11) is 0. The molecule has 0 aromatic carbocycles. The smallest absolute Gasteiger partial charge is 0.336 e. The molecule has 0 saturated carbocycles. The Hall–Kier alpha value is -2.63. The van der Waals surface area contributed by atoms with Crippen LogP contribution >= 0.6 is 0 Å². The number of aromatic nitrogens is 1. The van der Waals surface area contributed by atoms with Gasteiger partial charge in [0.2, 0.25) is 0 Å². The maximum absolute atomic E-state index is 13.3. The van der Waals surface area contributed by atoms with Gasteiger partial charge in [-0.3, -0.25) is 4.98 Å². The van der Waals surface area contributed by atoms with E-state index in [4.69, 9.17) is 9.47 Å². The van der Waals surface area contributed by atoms with Crippen molar-refractivity contribution in [1.29, 1.82) is 0 Å². The molecule has 212 valence electrons. The summed E-state index contributed by atoms with van der Waals surface area (Å²) in [6.45, 7) is 8.90. The molecule has 0 fully saturated rings. The van der Waals surface area contributed by atoms with E-state index in [1.807, 2.05) is 26.0 Å². The van der Waals surface area contributed by atoms with E-state index in [1.165, 1.54) is 57.8 Å². The fourth-order valence-corrected chi connectivity index (χ4v) is 5.02. The molecule has 6 nitrogen and oxygen atoms in total. The van der Waals surface area contributed by atoms with Crippen molar-refractivity contribution in [2.24, 2.45) is 0 Å². The van der Waals surface area contributed by atoms with Crippen LogP contribution in [0, 0.1) is 0 Å². The average molecular weight is 527 g/mol. The second kappa shape index (κ2) is 18.6. The molecule has 38 heavy (non-hydrogen) atoms. The number of unbranched alkanes of at least 4 members (excludes halogenated alkanes) is 12. The molecule has 0 aliphatic carbocycles. The van der Waals surface area contributed by atoms with Gasteiger partial charge in [0.15, 0.2) is 0 Å². The maximum atomic E-state index is 13.3. The number of dihydropyridines is 1. The minimum Gasteiger partial charge on any atom is -0.462 e. The van der Waals surface area contributed by atoms with Gasteiger partial charge in [0.05, 0.1) is 30.3 Å². The quantitative estimate of drug-likeness (QED) is 0.146. The average Bonchev–Trinajstić information content (AvgIpc) is 2.91. The Balaban J connectivity index is 2.01. The van der Waals surface area contributed by atoms with E-state index in [0.29, 0.717) is 35.8 Å². The zero-order chi connectivity index (χ0) is 27.6. The SMILES string of the molecule is CCCCCCCCCCOC(=O)C1=C(C)NC(C)=C(C(=O)OCCCCCCCC)C1c1cccnc1. The monoisotopic (exact) mass is 526 g/mol. The number of ether oxygens (including phenoxy) is 2. The molecular weight excluding hydrogens is 476 g/mol. The number of pyridine rings is 1. The van der Waals surface area contributed by atoms with Gasteiger partial charge in [-0.05, 0) is 38.3 Å². The molecule has 0 bridgehead atoms. The number of carbonyl (C=O) groups is 2. The molecule has 0 amide bonds. The number of allylic oxidation sites excluding steroid dienone is 2. The first-order valence-corrected chi connectivity index (χ1v) is 14.9. The van der Waals surface area contributed by atoms with Crippen molar-refractivity contribution in [2.75, 3.05) is 13.2 Å². The van der Waals surface area contributed by atoms with Gasteiger partial charge in [0.1, 0.15) is 0 Å². The van der Waals surface area contributed by atoms with Crippen LogP contribution in [-0.4, -0.2) is 30.1 Å². The lowest BCUT2D eigenvalue weighted by molar-refractivity contribution is -0.140.